The monoisotopic (exact) mass is 778 g/mol. The van der Waals surface area contributed by atoms with Crippen LogP contribution in [-0.2, 0) is 27.9 Å². The summed E-state index contributed by atoms with van der Waals surface area (Å²) in [6.45, 7) is 6.32. The standard InChI is InChI=1S/C17H22I3N2O7P/c1-5-28-30(26,29-6-2)8-7-27-17(25)11-12(18)15(21-9(3)23)14(20)16(13(11)19)22-10(4)24/h5-8H2,1-4H3,(H,21,23)(H,22,24). The normalized spacial score (nSPS) is 11.2. The van der Waals surface area contributed by atoms with E-state index in [0.717, 1.165) is 0 Å². The van der Waals surface area contributed by atoms with Crippen molar-refractivity contribution in [1.82, 2.24) is 0 Å². The van der Waals surface area contributed by atoms with E-state index in [4.69, 9.17) is 13.8 Å². The van der Waals surface area contributed by atoms with Crippen molar-refractivity contribution in [3.05, 3.63) is 16.3 Å². The van der Waals surface area contributed by atoms with Crippen LogP contribution in [0, 0.1) is 10.7 Å². The molecule has 0 bridgehead atoms. The first kappa shape index (κ1) is 28.0. The maximum absolute atomic E-state index is 12.8. The lowest BCUT2D eigenvalue weighted by Crippen LogP contribution is -2.20. The van der Waals surface area contributed by atoms with Crippen LogP contribution in [-0.4, -0.2) is 43.8 Å². The molecule has 1 aromatic rings. The second-order valence-corrected chi connectivity index (χ2v) is 11.2. The minimum absolute atomic E-state index is 0.0882. The summed E-state index contributed by atoms with van der Waals surface area (Å²) in [6, 6.07) is 0. The lowest BCUT2D eigenvalue weighted by molar-refractivity contribution is -0.115. The van der Waals surface area contributed by atoms with E-state index in [1.807, 2.05) is 67.8 Å². The van der Waals surface area contributed by atoms with Gasteiger partial charge in [-0.1, -0.05) is 0 Å². The molecule has 0 aliphatic carbocycles. The Hall–Kier alpha value is -0.0300. The van der Waals surface area contributed by atoms with E-state index in [2.05, 4.69) is 10.6 Å². The molecule has 1 rings (SSSR count). The van der Waals surface area contributed by atoms with E-state index in [9.17, 15) is 18.9 Å². The maximum atomic E-state index is 12.8. The minimum atomic E-state index is -3.35. The van der Waals surface area contributed by atoms with E-state index in [1.54, 1.807) is 13.8 Å². The maximum Gasteiger partial charge on any atom is 0.340 e. The summed E-state index contributed by atoms with van der Waals surface area (Å²) in [5.41, 5.74) is 0.981. The molecule has 2 N–H and O–H groups in total. The van der Waals surface area contributed by atoms with Gasteiger partial charge in [0, 0.05) is 13.8 Å². The third-order valence-corrected chi connectivity index (χ3v) is 8.64. The number of rotatable bonds is 10. The summed E-state index contributed by atoms with van der Waals surface area (Å²) in [5, 5.41) is 5.38. The first-order chi connectivity index (χ1) is 14.0. The second-order valence-electron chi connectivity index (χ2n) is 5.74. The van der Waals surface area contributed by atoms with Gasteiger partial charge < -0.3 is 24.4 Å². The quantitative estimate of drug-likeness (QED) is 0.198. The van der Waals surface area contributed by atoms with Crippen molar-refractivity contribution in [1.29, 1.82) is 0 Å². The fourth-order valence-electron chi connectivity index (χ4n) is 2.30. The summed E-state index contributed by atoms with van der Waals surface area (Å²) < 4.78 is 29.8. The van der Waals surface area contributed by atoms with Gasteiger partial charge in [0.25, 0.3) is 0 Å². The Morgan fingerprint density at radius 1 is 0.867 bits per heavy atom. The number of anilines is 2. The molecule has 13 heteroatoms. The Kier molecular flexibility index (Phi) is 12.0. The van der Waals surface area contributed by atoms with E-state index < -0.39 is 13.6 Å². The fraction of sp³-hybridized carbons (Fsp3) is 0.471. The molecule has 0 aliphatic rings. The zero-order valence-corrected chi connectivity index (χ0v) is 24.1. The predicted molar refractivity (Wildman–Crippen MR) is 139 cm³/mol. The average molecular weight is 778 g/mol. The van der Waals surface area contributed by atoms with Gasteiger partial charge in [-0.05, 0) is 81.6 Å². The first-order valence-corrected chi connectivity index (χ1v) is 13.7. The Bertz CT molecular complexity index is 826. The molecule has 1 aromatic carbocycles. The van der Waals surface area contributed by atoms with Crippen molar-refractivity contribution in [2.75, 3.05) is 36.6 Å². The van der Waals surface area contributed by atoms with Crippen LogP contribution in [0.1, 0.15) is 38.1 Å². The van der Waals surface area contributed by atoms with Crippen LogP contribution in [0.15, 0.2) is 0 Å². The van der Waals surface area contributed by atoms with E-state index in [1.165, 1.54) is 13.8 Å². The van der Waals surface area contributed by atoms with Crippen molar-refractivity contribution in [3.8, 4) is 0 Å². The summed E-state index contributed by atoms with van der Waals surface area (Å²) in [7, 11) is -3.35. The number of carbonyl (C=O) groups is 3. The lowest BCUT2D eigenvalue weighted by Gasteiger charge is -2.20. The highest BCUT2D eigenvalue weighted by atomic mass is 127. The summed E-state index contributed by atoms with van der Waals surface area (Å²) in [4.78, 5) is 36.1. The number of carbonyl (C=O) groups excluding carboxylic acids is 3. The van der Waals surface area contributed by atoms with Gasteiger partial charge in [-0.25, -0.2) is 4.79 Å². The molecule has 168 valence electrons. The number of nitrogens with one attached hydrogen (secondary N) is 2. The largest absolute Gasteiger partial charge is 0.461 e. The number of ether oxygens (including phenoxy) is 1. The molecule has 0 aliphatic heterocycles. The van der Waals surface area contributed by atoms with Gasteiger partial charge in [0.05, 0.1) is 47.0 Å². The number of hydrogen-bond donors (Lipinski definition) is 2. The average Bonchev–Trinajstić information content (AvgIpc) is 2.62. The molecule has 0 saturated carbocycles. The molecule has 0 atom stereocenters. The molecular formula is C17H22I3N2O7P. The number of halogens is 3. The van der Waals surface area contributed by atoms with Gasteiger partial charge in [-0.15, -0.1) is 0 Å². The Morgan fingerprint density at radius 3 is 1.67 bits per heavy atom. The van der Waals surface area contributed by atoms with Crippen molar-refractivity contribution >= 4 is 105 Å². The topological polar surface area (TPSA) is 120 Å². The summed E-state index contributed by atoms with van der Waals surface area (Å²) in [6.07, 6.45) is -0.0882. The third-order valence-electron chi connectivity index (χ3n) is 3.37. The highest BCUT2D eigenvalue weighted by molar-refractivity contribution is 14.1. The molecule has 30 heavy (non-hydrogen) atoms. The van der Waals surface area contributed by atoms with Crippen molar-refractivity contribution in [3.63, 3.8) is 0 Å². The Balaban J connectivity index is 3.25. The van der Waals surface area contributed by atoms with Gasteiger partial charge >= 0.3 is 13.6 Å². The van der Waals surface area contributed by atoms with Crippen molar-refractivity contribution < 1.29 is 32.7 Å². The summed E-state index contributed by atoms with van der Waals surface area (Å²) >= 11 is 5.88. The number of hydrogen-bond acceptors (Lipinski definition) is 7. The Labute approximate surface area is 216 Å². The SMILES string of the molecule is CCOP(=O)(CCOC(=O)c1c(I)c(NC(C)=O)c(I)c(NC(C)=O)c1I)OCC. The summed E-state index contributed by atoms with van der Waals surface area (Å²) in [5.74, 6) is -1.33. The van der Waals surface area contributed by atoms with E-state index >= 15 is 0 Å². The molecule has 0 saturated heterocycles. The van der Waals surface area contributed by atoms with Crippen molar-refractivity contribution in [2.24, 2.45) is 0 Å². The molecule has 9 nitrogen and oxygen atoms in total. The van der Waals surface area contributed by atoms with Gasteiger partial charge in [-0.2, -0.15) is 0 Å². The van der Waals surface area contributed by atoms with E-state index in [-0.39, 0.29) is 43.4 Å². The molecule has 2 amide bonds. The van der Waals surface area contributed by atoms with Crippen LogP contribution in [0.25, 0.3) is 0 Å². The first-order valence-electron chi connectivity index (χ1n) is 8.78. The zero-order chi connectivity index (χ0) is 23.1. The molecule has 0 unspecified atom stereocenters. The predicted octanol–water partition coefficient (Wildman–Crippen LogP) is 4.84. The second kappa shape index (κ2) is 12.9. The van der Waals surface area contributed by atoms with Crippen LogP contribution in [0.5, 0.6) is 0 Å². The van der Waals surface area contributed by atoms with Crippen LogP contribution in [0.4, 0.5) is 11.4 Å². The highest BCUT2D eigenvalue weighted by Crippen LogP contribution is 2.47. The van der Waals surface area contributed by atoms with Crippen LogP contribution in [0.3, 0.4) is 0 Å². The van der Waals surface area contributed by atoms with Gasteiger partial charge in [0.2, 0.25) is 11.8 Å². The van der Waals surface area contributed by atoms with E-state index in [0.29, 0.717) is 22.1 Å². The molecule has 0 aromatic heterocycles. The van der Waals surface area contributed by atoms with Crippen LogP contribution in [0.2, 0.25) is 0 Å². The zero-order valence-electron chi connectivity index (χ0n) is 16.8. The Morgan fingerprint density at radius 2 is 1.30 bits per heavy atom. The third kappa shape index (κ3) is 7.83. The molecule has 0 heterocycles. The van der Waals surface area contributed by atoms with Gasteiger partial charge in [0.15, 0.2) is 0 Å². The van der Waals surface area contributed by atoms with Crippen LogP contribution < -0.4 is 10.6 Å². The molecular weight excluding hydrogens is 756 g/mol. The smallest absolute Gasteiger partial charge is 0.340 e. The lowest BCUT2D eigenvalue weighted by atomic mass is 10.1. The number of benzene rings is 1. The van der Waals surface area contributed by atoms with Gasteiger partial charge in [-0.3, -0.25) is 14.2 Å². The highest BCUT2D eigenvalue weighted by Gasteiger charge is 2.28. The van der Waals surface area contributed by atoms with Crippen LogP contribution >= 0.6 is 75.4 Å². The fourth-order valence-corrected chi connectivity index (χ4v) is 7.88. The minimum Gasteiger partial charge on any atom is -0.461 e. The van der Waals surface area contributed by atoms with Crippen molar-refractivity contribution in [2.45, 2.75) is 27.7 Å². The molecule has 0 fully saturated rings. The molecule has 0 radical (unpaired) electrons. The number of amides is 2. The molecule has 0 spiro atoms. The number of esters is 1. The van der Waals surface area contributed by atoms with Gasteiger partial charge in [0.1, 0.15) is 6.61 Å².